The number of benzene rings is 1. The van der Waals surface area contributed by atoms with Gasteiger partial charge >= 0.3 is 0 Å². The number of likely N-dealkylation sites (N-methyl/N-ethyl adjacent to an activating group) is 1. The van der Waals surface area contributed by atoms with Gasteiger partial charge < -0.3 is 15.8 Å². The van der Waals surface area contributed by atoms with Gasteiger partial charge in [0.1, 0.15) is 11.8 Å². The van der Waals surface area contributed by atoms with E-state index in [0.29, 0.717) is 11.3 Å². The van der Waals surface area contributed by atoms with Gasteiger partial charge in [-0.05, 0) is 6.07 Å². The Morgan fingerprint density at radius 3 is 2.60 bits per heavy atom. The molecule has 0 aliphatic rings. The first kappa shape index (κ1) is 13.7. The molecule has 0 aromatic heterocycles. The van der Waals surface area contributed by atoms with Crippen LogP contribution in [0.1, 0.15) is 11.6 Å². The molecule has 15 heavy (non-hydrogen) atoms. The van der Waals surface area contributed by atoms with Crippen molar-refractivity contribution in [2.75, 3.05) is 14.2 Å². The van der Waals surface area contributed by atoms with Crippen molar-refractivity contribution in [1.29, 1.82) is 0 Å². The van der Waals surface area contributed by atoms with Gasteiger partial charge in [-0.1, -0.05) is 18.2 Å². The van der Waals surface area contributed by atoms with Gasteiger partial charge in [0.05, 0.1) is 7.11 Å². The number of methoxy groups -OCH3 is 1. The fraction of sp³-hybridized carbons (Fsp3) is 0.300. The number of hydrogen-bond acceptors (Lipinski definition) is 3. The summed E-state index contributed by atoms with van der Waals surface area (Å²) in [5.41, 5.74) is 6.42. The highest BCUT2D eigenvalue weighted by molar-refractivity contribution is 5.85. The van der Waals surface area contributed by atoms with Crippen molar-refractivity contribution in [3.05, 3.63) is 29.8 Å². The number of carbonyl (C=O) groups excluding carboxylic acids is 1. The van der Waals surface area contributed by atoms with Crippen LogP contribution in [0.3, 0.4) is 0 Å². The third-order valence-electron chi connectivity index (χ3n) is 2.00. The minimum atomic E-state index is -0.684. The molecular weight excluding hydrogens is 216 g/mol. The Bertz CT molecular complexity index is 331. The Morgan fingerprint density at radius 2 is 2.07 bits per heavy atom. The highest BCUT2D eigenvalue weighted by atomic mass is 35.5. The molecule has 4 nitrogen and oxygen atoms in total. The zero-order valence-electron chi connectivity index (χ0n) is 8.69. The Morgan fingerprint density at radius 1 is 1.47 bits per heavy atom. The topological polar surface area (TPSA) is 64.4 Å². The molecule has 0 saturated heterocycles. The van der Waals surface area contributed by atoms with Gasteiger partial charge in [0, 0.05) is 12.6 Å². The van der Waals surface area contributed by atoms with Crippen LogP contribution in [-0.2, 0) is 4.79 Å². The summed E-state index contributed by atoms with van der Waals surface area (Å²) >= 11 is 0. The summed E-state index contributed by atoms with van der Waals surface area (Å²) in [6.07, 6.45) is 0. The lowest BCUT2D eigenvalue weighted by atomic mass is 10.1. The first-order valence-electron chi connectivity index (χ1n) is 4.30. The summed E-state index contributed by atoms with van der Waals surface area (Å²) in [5, 5.41) is 2.50. The number of rotatable bonds is 3. The summed E-state index contributed by atoms with van der Waals surface area (Å²) in [4.78, 5) is 11.3. The largest absolute Gasteiger partial charge is 0.496 e. The molecule has 0 saturated carbocycles. The number of nitrogens with one attached hydrogen (secondary N) is 1. The normalized spacial score (nSPS) is 11.1. The maximum absolute atomic E-state index is 11.3. The minimum Gasteiger partial charge on any atom is -0.496 e. The monoisotopic (exact) mass is 230 g/mol. The number of halogens is 1. The van der Waals surface area contributed by atoms with Gasteiger partial charge in [-0.15, -0.1) is 12.4 Å². The lowest BCUT2D eigenvalue weighted by Crippen LogP contribution is -2.31. The third-order valence-corrected chi connectivity index (χ3v) is 2.00. The van der Waals surface area contributed by atoms with E-state index in [1.165, 1.54) is 0 Å². The van der Waals surface area contributed by atoms with Gasteiger partial charge in [-0.25, -0.2) is 0 Å². The predicted molar refractivity (Wildman–Crippen MR) is 61.2 cm³/mol. The Labute approximate surface area is 95.2 Å². The van der Waals surface area contributed by atoms with Gasteiger partial charge in [0.2, 0.25) is 5.91 Å². The summed E-state index contributed by atoms with van der Waals surface area (Å²) in [6, 6.07) is 6.52. The van der Waals surface area contributed by atoms with Crippen molar-refractivity contribution in [2.24, 2.45) is 5.73 Å². The summed E-state index contributed by atoms with van der Waals surface area (Å²) in [7, 11) is 3.10. The average Bonchev–Trinajstić information content (AvgIpc) is 2.26. The molecular formula is C10H15ClN2O2. The van der Waals surface area contributed by atoms with Gasteiger partial charge in [0.25, 0.3) is 0 Å². The lowest BCUT2D eigenvalue weighted by molar-refractivity contribution is -0.122. The molecule has 0 aliphatic carbocycles. The molecule has 1 rings (SSSR count). The van der Waals surface area contributed by atoms with E-state index in [1.807, 2.05) is 12.1 Å². The number of para-hydroxylation sites is 1. The van der Waals surface area contributed by atoms with Gasteiger partial charge in [0.15, 0.2) is 0 Å². The van der Waals surface area contributed by atoms with Crippen LogP contribution < -0.4 is 15.8 Å². The second kappa shape index (κ2) is 6.27. The fourth-order valence-corrected chi connectivity index (χ4v) is 1.22. The van der Waals surface area contributed by atoms with E-state index in [-0.39, 0.29) is 18.3 Å². The molecule has 0 heterocycles. The van der Waals surface area contributed by atoms with E-state index in [2.05, 4.69) is 5.32 Å². The Kier molecular flexibility index (Phi) is 5.74. The van der Waals surface area contributed by atoms with Crippen LogP contribution in [0.25, 0.3) is 0 Å². The molecule has 3 N–H and O–H groups in total. The molecule has 1 amide bonds. The molecule has 5 heteroatoms. The van der Waals surface area contributed by atoms with Crippen LogP contribution in [0.4, 0.5) is 0 Å². The van der Waals surface area contributed by atoms with E-state index in [4.69, 9.17) is 10.5 Å². The summed E-state index contributed by atoms with van der Waals surface area (Å²) in [5.74, 6) is 0.401. The molecule has 1 aromatic rings. The van der Waals surface area contributed by atoms with E-state index in [0.717, 1.165) is 0 Å². The van der Waals surface area contributed by atoms with Crippen LogP contribution in [0.15, 0.2) is 24.3 Å². The molecule has 0 fully saturated rings. The SMILES string of the molecule is CNC(=O)C(N)c1ccccc1OC.Cl. The molecule has 0 bridgehead atoms. The van der Waals surface area contributed by atoms with Crippen LogP contribution in [-0.4, -0.2) is 20.1 Å². The van der Waals surface area contributed by atoms with Gasteiger partial charge in [-0.3, -0.25) is 4.79 Å². The first-order valence-corrected chi connectivity index (χ1v) is 4.30. The second-order valence-electron chi connectivity index (χ2n) is 2.83. The molecule has 1 aromatic carbocycles. The van der Waals surface area contributed by atoms with Crippen LogP contribution in [0, 0.1) is 0 Å². The third kappa shape index (κ3) is 3.11. The zero-order chi connectivity index (χ0) is 10.6. The standard InChI is InChI=1S/C10H14N2O2.ClH/c1-12-10(13)9(11)7-5-3-4-6-8(7)14-2;/h3-6,9H,11H2,1-2H3,(H,12,13);1H. The van der Waals surface area contributed by atoms with Crippen molar-refractivity contribution in [2.45, 2.75) is 6.04 Å². The smallest absolute Gasteiger partial charge is 0.241 e. The molecule has 0 radical (unpaired) electrons. The summed E-state index contributed by atoms with van der Waals surface area (Å²) in [6.45, 7) is 0. The number of amides is 1. The first-order chi connectivity index (χ1) is 6.70. The average molecular weight is 231 g/mol. The van der Waals surface area contributed by atoms with Crippen LogP contribution >= 0.6 is 12.4 Å². The zero-order valence-corrected chi connectivity index (χ0v) is 9.51. The van der Waals surface area contributed by atoms with Crippen molar-refractivity contribution < 1.29 is 9.53 Å². The van der Waals surface area contributed by atoms with E-state index in [9.17, 15) is 4.79 Å². The molecule has 0 aliphatic heterocycles. The number of nitrogens with two attached hydrogens (primary N) is 1. The summed E-state index contributed by atoms with van der Waals surface area (Å²) < 4.78 is 5.10. The van der Waals surface area contributed by atoms with Crippen LogP contribution in [0.5, 0.6) is 5.75 Å². The van der Waals surface area contributed by atoms with E-state index < -0.39 is 6.04 Å². The van der Waals surface area contributed by atoms with Gasteiger partial charge in [-0.2, -0.15) is 0 Å². The fourth-order valence-electron chi connectivity index (χ4n) is 1.22. The van der Waals surface area contributed by atoms with Crippen molar-refractivity contribution in [3.63, 3.8) is 0 Å². The molecule has 1 atom stereocenters. The number of hydrogen-bond donors (Lipinski definition) is 2. The highest BCUT2D eigenvalue weighted by Crippen LogP contribution is 2.22. The molecule has 0 spiro atoms. The lowest BCUT2D eigenvalue weighted by Gasteiger charge is -2.13. The molecule has 84 valence electrons. The van der Waals surface area contributed by atoms with E-state index in [1.54, 1.807) is 26.3 Å². The minimum absolute atomic E-state index is 0. The Hall–Kier alpha value is -1.26. The predicted octanol–water partition coefficient (Wildman–Crippen LogP) is 0.863. The van der Waals surface area contributed by atoms with E-state index >= 15 is 0 Å². The Balaban J connectivity index is 0.00000196. The number of ether oxygens (including phenoxy) is 1. The quantitative estimate of drug-likeness (QED) is 0.810. The molecule has 1 unspecified atom stereocenters. The maximum Gasteiger partial charge on any atom is 0.241 e. The van der Waals surface area contributed by atoms with Crippen LogP contribution in [0.2, 0.25) is 0 Å². The van der Waals surface area contributed by atoms with Crippen molar-refractivity contribution >= 4 is 18.3 Å². The number of carbonyl (C=O) groups is 1. The highest BCUT2D eigenvalue weighted by Gasteiger charge is 2.17. The van der Waals surface area contributed by atoms with Crippen molar-refractivity contribution in [3.8, 4) is 5.75 Å². The van der Waals surface area contributed by atoms with Crippen molar-refractivity contribution in [1.82, 2.24) is 5.32 Å². The second-order valence-corrected chi connectivity index (χ2v) is 2.83. The maximum atomic E-state index is 11.3.